The summed E-state index contributed by atoms with van der Waals surface area (Å²) in [4.78, 5) is 19.6. The molecule has 0 bridgehead atoms. The van der Waals surface area contributed by atoms with Gasteiger partial charge in [-0.05, 0) is 48.2 Å². The van der Waals surface area contributed by atoms with Gasteiger partial charge in [-0.2, -0.15) is 0 Å². The molecule has 31 heavy (non-hydrogen) atoms. The molecule has 2 unspecified atom stereocenters. The van der Waals surface area contributed by atoms with Crippen LogP contribution in [-0.2, 0) is 24.3 Å². The normalized spacial score (nSPS) is 19.5. The van der Waals surface area contributed by atoms with Crippen molar-refractivity contribution in [3.63, 3.8) is 0 Å². The molecule has 0 saturated carbocycles. The molecular weight excluding hydrogens is 390 g/mol. The van der Waals surface area contributed by atoms with E-state index in [2.05, 4.69) is 39.5 Å². The first-order valence-corrected chi connectivity index (χ1v) is 10.6. The number of fused-ring (bicyclic) bond motifs is 2. The maximum absolute atomic E-state index is 12.7. The predicted octanol–water partition coefficient (Wildman–Crippen LogP) is 3.49. The number of carbonyl (C=O) groups excluding carboxylic acids is 1. The number of aromatic nitrogens is 1. The van der Waals surface area contributed by atoms with Crippen LogP contribution in [0.4, 0.5) is 5.82 Å². The molecule has 0 saturated heterocycles. The van der Waals surface area contributed by atoms with E-state index in [1.807, 2.05) is 49.5 Å². The third-order valence-corrected chi connectivity index (χ3v) is 5.83. The van der Waals surface area contributed by atoms with Gasteiger partial charge in [0.05, 0.1) is 0 Å². The summed E-state index contributed by atoms with van der Waals surface area (Å²) < 4.78 is 11.7. The van der Waals surface area contributed by atoms with Gasteiger partial charge < -0.3 is 19.7 Å². The van der Waals surface area contributed by atoms with Crippen molar-refractivity contribution in [3.8, 4) is 11.5 Å². The lowest BCUT2D eigenvalue weighted by molar-refractivity contribution is -0.133. The molecule has 0 spiro atoms. The van der Waals surface area contributed by atoms with Gasteiger partial charge in [-0.25, -0.2) is 4.98 Å². The lowest BCUT2D eigenvalue weighted by Gasteiger charge is -2.31. The van der Waals surface area contributed by atoms with Crippen molar-refractivity contribution < 1.29 is 14.3 Å². The highest BCUT2D eigenvalue weighted by molar-refractivity contribution is 5.82. The highest BCUT2D eigenvalue weighted by Gasteiger charge is 2.33. The minimum atomic E-state index is -0.685. The zero-order valence-electron chi connectivity index (χ0n) is 17.5. The molecule has 3 heterocycles. The summed E-state index contributed by atoms with van der Waals surface area (Å²) in [5.41, 5.74) is 3.72. The van der Waals surface area contributed by atoms with Crippen LogP contribution in [0.5, 0.6) is 11.5 Å². The van der Waals surface area contributed by atoms with Crippen molar-refractivity contribution in [2.45, 2.75) is 38.6 Å². The van der Waals surface area contributed by atoms with Gasteiger partial charge >= 0.3 is 0 Å². The number of anilines is 1. The molecular formula is C25H25N3O3. The standard InChI is InChI=1S/C25H25N3O3/c1-17-24(31-22-9-5-4-8-21(22)30-17)25(29)27-15-18-10-11-23(26-14-18)28-13-12-19-6-2-3-7-20(19)16-28/h2-11,14,17,24H,12-13,15-16H2,1H3,(H,27,29). The lowest BCUT2D eigenvalue weighted by atomic mass is 10.00. The zero-order chi connectivity index (χ0) is 21.2. The largest absolute Gasteiger partial charge is 0.482 e. The Morgan fingerprint density at radius 3 is 2.55 bits per heavy atom. The Morgan fingerprint density at radius 1 is 1.03 bits per heavy atom. The van der Waals surface area contributed by atoms with Crippen molar-refractivity contribution in [1.82, 2.24) is 10.3 Å². The van der Waals surface area contributed by atoms with E-state index in [1.165, 1.54) is 11.1 Å². The van der Waals surface area contributed by atoms with Crippen molar-refractivity contribution in [1.29, 1.82) is 0 Å². The van der Waals surface area contributed by atoms with Crippen LogP contribution in [0.2, 0.25) is 0 Å². The number of carbonyl (C=O) groups is 1. The van der Waals surface area contributed by atoms with E-state index < -0.39 is 6.10 Å². The van der Waals surface area contributed by atoms with Gasteiger partial charge in [-0.15, -0.1) is 0 Å². The molecule has 2 aliphatic heterocycles. The average molecular weight is 415 g/mol. The van der Waals surface area contributed by atoms with E-state index in [0.29, 0.717) is 18.0 Å². The summed E-state index contributed by atoms with van der Waals surface area (Å²) in [6, 6.07) is 20.0. The predicted molar refractivity (Wildman–Crippen MR) is 118 cm³/mol. The first kappa shape index (κ1) is 19.4. The first-order chi connectivity index (χ1) is 15.2. The van der Waals surface area contributed by atoms with E-state index in [1.54, 1.807) is 0 Å². The molecule has 1 aromatic heterocycles. The Labute approximate surface area is 181 Å². The molecule has 6 heteroatoms. The summed E-state index contributed by atoms with van der Waals surface area (Å²) in [6.07, 6.45) is 1.81. The number of rotatable bonds is 4. The molecule has 2 aromatic carbocycles. The second-order valence-electron chi connectivity index (χ2n) is 7.99. The number of nitrogens with one attached hydrogen (secondary N) is 1. The maximum atomic E-state index is 12.7. The van der Waals surface area contributed by atoms with Crippen LogP contribution in [0.25, 0.3) is 0 Å². The van der Waals surface area contributed by atoms with Crippen LogP contribution < -0.4 is 19.7 Å². The van der Waals surface area contributed by atoms with Gasteiger partial charge in [0.2, 0.25) is 6.10 Å². The Morgan fingerprint density at radius 2 is 1.77 bits per heavy atom. The van der Waals surface area contributed by atoms with E-state index in [4.69, 9.17) is 9.47 Å². The molecule has 3 aromatic rings. The lowest BCUT2D eigenvalue weighted by Crippen LogP contribution is -2.48. The van der Waals surface area contributed by atoms with Gasteiger partial charge in [0.15, 0.2) is 11.5 Å². The van der Waals surface area contributed by atoms with Gasteiger partial charge in [0.25, 0.3) is 5.91 Å². The molecule has 0 fully saturated rings. The Bertz CT molecular complexity index is 1080. The SMILES string of the molecule is CC1Oc2ccccc2OC1C(=O)NCc1ccc(N2CCc3ccccc3C2)nc1. The van der Waals surface area contributed by atoms with Gasteiger partial charge in [-0.3, -0.25) is 4.79 Å². The molecule has 158 valence electrons. The molecule has 2 aliphatic rings. The highest BCUT2D eigenvalue weighted by atomic mass is 16.6. The van der Waals surface area contributed by atoms with E-state index >= 15 is 0 Å². The maximum Gasteiger partial charge on any atom is 0.265 e. The summed E-state index contributed by atoms with van der Waals surface area (Å²) in [5.74, 6) is 2.02. The van der Waals surface area contributed by atoms with Gasteiger partial charge in [0, 0.05) is 25.8 Å². The molecule has 6 nitrogen and oxygen atoms in total. The fraction of sp³-hybridized carbons (Fsp3) is 0.280. The van der Waals surface area contributed by atoms with Gasteiger partial charge in [0.1, 0.15) is 11.9 Å². The van der Waals surface area contributed by atoms with E-state index in [9.17, 15) is 4.79 Å². The number of benzene rings is 2. The van der Waals surface area contributed by atoms with Crippen molar-refractivity contribution >= 4 is 11.7 Å². The smallest absolute Gasteiger partial charge is 0.265 e. The first-order valence-electron chi connectivity index (χ1n) is 10.6. The Hall–Kier alpha value is -3.54. The van der Waals surface area contributed by atoms with Crippen molar-refractivity contribution in [2.24, 2.45) is 0 Å². The van der Waals surface area contributed by atoms with Crippen LogP contribution >= 0.6 is 0 Å². The number of amides is 1. The van der Waals surface area contributed by atoms with E-state index in [-0.39, 0.29) is 12.0 Å². The fourth-order valence-corrected chi connectivity index (χ4v) is 4.10. The third kappa shape index (κ3) is 4.06. The third-order valence-electron chi connectivity index (χ3n) is 5.83. The van der Waals surface area contributed by atoms with E-state index in [0.717, 1.165) is 30.9 Å². The minimum absolute atomic E-state index is 0.196. The topological polar surface area (TPSA) is 63.7 Å². The average Bonchev–Trinajstić information content (AvgIpc) is 2.82. The Kier molecular flexibility index (Phi) is 5.20. The summed E-state index contributed by atoms with van der Waals surface area (Å²) in [5, 5.41) is 2.94. The van der Waals surface area contributed by atoms with Crippen LogP contribution in [0, 0.1) is 0 Å². The molecule has 1 N–H and O–H groups in total. The summed E-state index contributed by atoms with van der Waals surface area (Å²) in [7, 11) is 0. The highest BCUT2D eigenvalue weighted by Crippen LogP contribution is 2.33. The number of hydrogen-bond donors (Lipinski definition) is 1. The quantitative estimate of drug-likeness (QED) is 0.707. The number of nitrogens with zero attached hydrogens (tertiary/aromatic N) is 2. The van der Waals surface area contributed by atoms with Crippen LogP contribution in [0.15, 0.2) is 66.9 Å². The minimum Gasteiger partial charge on any atom is -0.482 e. The Balaban J connectivity index is 1.19. The van der Waals surface area contributed by atoms with Crippen molar-refractivity contribution in [3.05, 3.63) is 83.6 Å². The number of pyridine rings is 1. The second-order valence-corrected chi connectivity index (χ2v) is 7.99. The van der Waals surface area contributed by atoms with Gasteiger partial charge in [-0.1, -0.05) is 42.5 Å². The van der Waals surface area contributed by atoms with Crippen LogP contribution in [-0.4, -0.2) is 29.6 Å². The molecule has 0 aliphatic carbocycles. The second kappa shape index (κ2) is 8.30. The number of ether oxygens (including phenoxy) is 2. The number of hydrogen-bond acceptors (Lipinski definition) is 5. The van der Waals surface area contributed by atoms with Crippen LogP contribution in [0.1, 0.15) is 23.6 Å². The molecule has 0 radical (unpaired) electrons. The van der Waals surface area contributed by atoms with Crippen molar-refractivity contribution in [2.75, 3.05) is 11.4 Å². The number of para-hydroxylation sites is 2. The molecule has 2 atom stereocenters. The summed E-state index contributed by atoms with van der Waals surface area (Å²) in [6.45, 7) is 4.06. The molecule has 5 rings (SSSR count). The van der Waals surface area contributed by atoms with Crippen LogP contribution in [0.3, 0.4) is 0 Å². The fourth-order valence-electron chi connectivity index (χ4n) is 4.10. The summed E-state index contributed by atoms with van der Waals surface area (Å²) >= 11 is 0. The zero-order valence-corrected chi connectivity index (χ0v) is 17.5. The molecule has 1 amide bonds. The monoisotopic (exact) mass is 415 g/mol.